The predicted molar refractivity (Wildman–Crippen MR) is 134 cm³/mol. The molecule has 1 fully saturated rings. The Hall–Kier alpha value is -3.63. The molecule has 0 unspecified atom stereocenters. The number of ether oxygens (including phenoxy) is 3. The van der Waals surface area contributed by atoms with Gasteiger partial charge in [0.1, 0.15) is 6.54 Å². The maximum Gasteiger partial charge on any atom is 0.344 e. The van der Waals surface area contributed by atoms with Crippen molar-refractivity contribution in [3.05, 3.63) is 75.1 Å². The Labute approximate surface area is 212 Å². The van der Waals surface area contributed by atoms with Crippen LogP contribution in [0.1, 0.15) is 15.9 Å². The lowest BCUT2D eigenvalue weighted by atomic mass is 10.0. The smallest absolute Gasteiger partial charge is 0.344 e. The van der Waals surface area contributed by atoms with Gasteiger partial charge in [-0.2, -0.15) is 0 Å². The summed E-state index contributed by atoms with van der Waals surface area (Å²) >= 11 is 4.11. The lowest BCUT2D eigenvalue weighted by molar-refractivity contribution is -0.143. The first-order chi connectivity index (χ1) is 16.8. The summed E-state index contributed by atoms with van der Waals surface area (Å²) in [6.45, 7) is -0.464. The van der Waals surface area contributed by atoms with Crippen LogP contribution in [0.15, 0.2) is 64.0 Å². The average molecular weight is 556 g/mol. The lowest BCUT2D eigenvalue weighted by Gasteiger charge is -2.13. The van der Waals surface area contributed by atoms with E-state index in [1.807, 2.05) is 30.3 Å². The van der Waals surface area contributed by atoms with Gasteiger partial charge in [-0.3, -0.25) is 19.3 Å². The number of thioether (sulfide) groups is 1. The van der Waals surface area contributed by atoms with Gasteiger partial charge in [0.05, 0.1) is 29.2 Å². The number of imide groups is 1. The molecule has 0 bridgehead atoms. The number of hydrogen-bond acceptors (Lipinski definition) is 8. The summed E-state index contributed by atoms with van der Waals surface area (Å²) in [5, 5.41) is 1.09. The highest BCUT2D eigenvalue weighted by molar-refractivity contribution is 9.10. The Morgan fingerprint density at radius 2 is 1.80 bits per heavy atom. The number of hydrogen-bond donors (Lipinski definition) is 0. The van der Waals surface area contributed by atoms with Crippen molar-refractivity contribution < 1.29 is 33.4 Å². The number of carbonyl (C=O) groups is 4. The van der Waals surface area contributed by atoms with Crippen LogP contribution in [0.4, 0.5) is 4.79 Å². The fraction of sp³-hybridized carbons (Fsp3) is 0.120. The number of rotatable bonds is 6. The second-order valence-corrected chi connectivity index (χ2v) is 9.14. The van der Waals surface area contributed by atoms with Gasteiger partial charge < -0.3 is 14.2 Å². The van der Waals surface area contributed by atoms with E-state index in [9.17, 15) is 19.2 Å². The SMILES string of the molecule is COC(=O)CN1C(=O)S/C(=C\c2cc(Br)c(OC(=O)c3cccc4ccccc34)c(OC)c2)C1=O. The monoisotopic (exact) mass is 555 g/mol. The lowest BCUT2D eigenvalue weighted by Crippen LogP contribution is -2.34. The second kappa shape index (κ2) is 10.3. The third-order valence-electron chi connectivity index (χ3n) is 5.14. The van der Waals surface area contributed by atoms with Gasteiger partial charge in [-0.25, -0.2) is 4.79 Å². The summed E-state index contributed by atoms with van der Waals surface area (Å²) in [6.07, 6.45) is 1.49. The molecule has 0 atom stereocenters. The van der Waals surface area contributed by atoms with Crippen LogP contribution in [0.25, 0.3) is 16.8 Å². The molecule has 0 radical (unpaired) electrons. The Bertz CT molecular complexity index is 1400. The molecule has 0 N–H and O–H groups in total. The fourth-order valence-corrected chi connectivity index (χ4v) is 4.83. The normalized spacial score (nSPS) is 14.5. The number of carbonyl (C=O) groups excluding carboxylic acids is 4. The minimum absolute atomic E-state index is 0.133. The first-order valence-electron chi connectivity index (χ1n) is 10.2. The number of methoxy groups -OCH3 is 2. The van der Waals surface area contributed by atoms with E-state index >= 15 is 0 Å². The third-order valence-corrected chi connectivity index (χ3v) is 6.64. The van der Waals surface area contributed by atoms with Crippen molar-refractivity contribution in [1.82, 2.24) is 4.90 Å². The van der Waals surface area contributed by atoms with E-state index in [1.165, 1.54) is 20.3 Å². The molecule has 10 heteroatoms. The third kappa shape index (κ3) is 5.08. The molecule has 0 aromatic heterocycles. The molecule has 1 aliphatic heterocycles. The van der Waals surface area contributed by atoms with Crippen LogP contribution in [0.5, 0.6) is 11.5 Å². The zero-order valence-electron chi connectivity index (χ0n) is 18.6. The minimum atomic E-state index is -0.699. The van der Waals surface area contributed by atoms with Crippen LogP contribution >= 0.6 is 27.7 Å². The molecular formula is C25H18BrNO7S. The molecule has 1 saturated heterocycles. The van der Waals surface area contributed by atoms with Crippen LogP contribution in [-0.4, -0.2) is 48.7 Å². The van der Waals surface area contributed by atoms with Crippen LogP contribution in [0, 0.1) is 0 Å². The highest BCUT2D eigenvalue weighted by Gasteiger charge is 2.36. The van der Waals surface area contributed by atoms with E-state index in [0.29, 0.717) is 27.4 Å². The number of esters is 2. The summed E-state index contributed by atoms with van der Waals surface area (Å²) in [7, 11) is 2.60. The van der Waals surface area contributed by atoms with E-state index < -0.39 is 29.6 Å². The number of benzene rings is 3. The molecule has 3 aromatic carbocycles. The van der Waals surface area contributed by atoms with Gasteiger partial charge in [-0.1, -0.05) is 36.4 Å². The quantitative estimate of drug-likeness (QED) is 0.237. The van der Waals surface area contributed by atoms with E-state index in [0.717, 1.165) is 15.7 Å². The number of nitrogens with zero attached hydrogens (tertiary/aromatic N) is 1. The van der Waals surface area contributed by atoms with Crippen LogP contribution < -0.4 is 9.47 Å². The van der Waals surface area contributed by atoms with Gasteiger partial charge in [0.25, 0.3) is 11.1 Å². The van der Waals surface area contributed by atoms with Gasteiger partial charge in [0, 0.05) is 0 Å². The Morgan fingerprint density at radius 1 is 1.06 bits per heavy atom. The van der Waals surface area contributed by atoms with E-state index in [-0.39, 0.29) is 16.4 Å². The van der Waals surface area contributed by atoms with Gasteiger partial charge in [-0.05, 0) is 68.3 Å². The van der Waals surface area contributed by atoms with Crippen molar-refractivity contribution in [2.75, 3.05) is 20.8 Å². The van der Waals surface area contributed by atoms with Gasteiger partial charge in [0.2, 0.25) is 0 Å². The second-order valence-electron chi connectivity index (χ2n) is 7.29. The predicted octanol–water partition coefficient (Wildman–Crippen LogP) is 5.04. The molecule has 0 aliphatic carbocycles. The molecule has 3 aromatic rings. The van der Waals surface area contributed by atoms with Crippen molar-refractivity contribution in [1.29, 1.82) is 0 Å². The van der Waals surface area contributed by atoms with Gasteiger partial charge in [0.15, 0.2) is 11.5 Å². The molecule has 8 nitrogen and oxygen atoms in total. The standard InChI is InChI=1S/C25H18BrNO7S/c1-32-19-11-14(12-20-23(29)27(25(31)35-20)13-21(28)33-2)10-18(26)22(19)34-24(30)17-9-5-7-15-6-3-4-8-16(15)17/h3-12H,13H2,1-2H3/b20-12-. The maximum absolute atomic E-state index is 13.0. The Kier molecular flexibility index (Phi) is 7.23. The zero-order valence-corrected chi connectivity index (χ0v) is 21.0. The topological polar surface area (TPSA) is 99.2 Å². The van der Waals surface area contributed by atoms with E-state index in [1.54, 1.807) is 24.3 Å². The highest BCUT2D eigenvalue weighted by atomic mass is 79.9. The molecule has 0 spiro atoms. The van der Waals surface area contributed by atoms with Crippen molar-refractivity contribution in [2.24, 2.45) is 0 Å². The van der Waals surface area contributed by atoms with Gasteiger partial charge in [-0.15, -0.1) is 0 Å². The van der Waals surface area contributed by atoms with Crippen LogP contribution in [0.2, 0.25) is 0 Å². The van der Waals surface area contributed by atoms with E-state index in [4.69, 9.17) is 9.47 Å². The van der Waals surface area contributed by atoms with Crippen molar-refractivity contribution >= 4 is 67.6 Å². The molecule has 0 saturated carbocycles. The summed E-state index contributed by atoms with van der Waals surface area (Å²) in [4.78, 5) is 50.2. The Balaban J connectivity index is 1.62. The summed E-state index contributed by atoms with van der Waals surface area (Å²) < 4.78 is 16.0. The molecule has 2 amide bonds. The molecule has 1 aliphatic rings. The van der Waals surface area contributed by atoms with Crippen molar-refractivity contribution in [3.8, 4) is 11.5 Å². The van der Waals surface area contributed by atoms with Crippen molar-refractivity contribution in [2.45, 2.75) is 0 Å². The van der Waals surface area contributed by atoms with Crippen LogP contribution in [0.3, 0.4) is 0 Å². The molecule has 178 valence electrons. The average Bonchev–Trinajstić information content (AvgIpc) is 3.11. The fourth-order valence-electron chi connectivity index (χ4n) is 3.45. The summed E-state index contributed by atoms with van der Waals surface area (Å²) in [5.74, 6) is -1.45. The number of fused-ring (bicyclic) bond motifs is 1. The minimum Gasteiger partial charge on any atom is -0.493 e. The number of amides is 2. The first kappa shape index (κ1) is 24.5. The first-order valence-corrected chi connectivity index (χ1v) is 11.8. The van der Waals surface area contributed by atoms with E-state index in [2.05, 4.69) is 20.7 Å². The maximum atomic E-state index is 13.0. The highest BCUT2D eigenvalue weighted by Crippen LogP contribution is 2.39. The largest absolute Gasteiger partial charge is 0.493 e. The zero-order chi connectivity index (χ0) is 25.1. The summed E-state index contributed by atoms with van der Waals surface area (Å²) in [5.41, 5.74) is 0.919. The Morgan fingerprint density at radius 3 is 2.54 bits per heavy atom. The molecular weight excluding hydrogens is 538 g/mol. The van der Waals surface area contributed by atoms with Crippen molar-refractivity contribution in [3.63, 3.8) is 0 Å². The van der Waals surface area contributed by atoms with Gasteiger partial charge >= 0.3 is 11.9 Å². The molecule has 35 heavy (non-hydrogen) atoms. The molecule has 1 heterocycles. The number of halogens is 1. The molecule has 4 rings (SSSR count). The van der Waals surface area contributed by atoms with Crippen LogP contribution in [-0.2, 0) is 14.3 Å². The summed E-state index contributed by atoms with van der Waals surface area (Å²) in [6, 6.07) is 16.1.